The summed E-state index contributed by atoms with van der Waals surface area (Å²) in [6, 6.07) is 25.1. The molecule has 0 bridgehead atoms. The molecule has 3 unspecified atom stereocenters. The average molecular weight is 932 g/mol. The Balaban J connectivity index is 1.06. The number of anilines is 1. The van der Waals surface area contributed by atoms with Gasteiger partial charge in [0.25, 0.3) is 10.0 Å². The first kappa shape index (κ1) is 45.4. The Bertz CT molecular complexity index is 2740. The number of aryl methyl sites for hydroxylation is 1. The molecule has 3 aromatic carbocycles. The molecule has 15 nitrogen and oxygen atoms in total. The third kappa shape index (κ3) is 9.07. The normalized spacial score (nSPS) is 22.5. The molecular formula is C51H61N7O8S. The zero-order chi connectivity index (χ0) is 46.5. The zero-order valence-corrected chi connectivity index (χ0v) is 39.3. The summed E-state index contributed by atoms with van der Waals surface area (Å²) in [6.07, 6.45) is 8.77. The smallest absolute Gasteiger partial charge is 0.405 e. The predicted octanol–water partition coefficient (Wildman–Crippen LogP) is 7.36. The van der Waals surface area contributed by atoms with E-state index in [1.54, 1.807) is 42.3 Å². The van der Waals surface area contributed by atoms with Gasteiger partial charge in [0, 0.05) is 80.3 Å². The van der Waals surface area contributed by atoms with Crippen LogP contribution in [0.25, 0.3) is 16.5 Å². The van der Waals surface area contributed by atoms with Crippen LogP contribution in [0.5, 0.6) is 0 Å². The molecule has 10 rings (SSSR count). The molecule has 4 aliphatic heterocycles. The maximum Gasteiger partial charge on any atom is 0.405 e. The van der Waals surface area contributed by atoms with E-state index in [2.05, 4.69) is 33.3 Å². The highest BCUT2D eigenvalue weighted by Crippen LogP contribution is 2.45. The number of nitrogens with zero attached hydrogens (tertiary/aromatic N) is 6. The first-order chi connectivity index (χ1) is 32.3. The van der Waals surface area contributed by atoms with Crippen molar-refractivity contribution in [3.05, 3.63) is 125 Å². The molecule has 1 saturated carbocycles. The van der Waals surface area contributed by atoms with Crippen LogP contribution in [0, 0.1) is 6.92 Å². The van der Waals surface area contributed by atoms with Gasteiger partial charge in [0.05, 0.1) is 34.5 Å². The molecule has 16 heteroatoms. The minimum absolute atomic E-state index is 0.00503. The van der Waals surface area contributed by atoms with Crippen LogP contribution in [-0.4, -0.2) is 119 Å². The van der Waals surface area contributed by atoms with Crippen molar-refractivity contribution in [1.29, 1.82) is 0 Å². The fraction of sp³-hybridized carbons (Fsp3) is 0.471. The Labute approximate surface area is 392 Å². The van der Waals surface area contributed by atoms with E-state index in [1.807, 2.05) is 50.4 Å². The van der Waals surface area contributed by atoms with Gasteiger partial charge in [0.15, 0.2) is 18.1 Å². The second kappa shape index (κ2) is 18.3. The van der Waals surface area contributed by atoms with Crippen LogP contribution in [0.1, 0.15) is 105 Å². The van der Waals surface area contributed by atoms with E-state index in [-0.39, 0.29) is 29.6 Å². The van der Waals surface area contributed by atoms with Gasteiger partial charge in [-0.1, -0.05) is 54.1 Å². The summed E-state index contributed by atoms with van der Waals surface area (Å²) in [5.41, 5.74) is 4.05. The molecule has 67 heavy (non-hydrogen) atoms. The van der Waals surface area contributed by atoms with Crippen molar-refractivity contribution >= 4 is 38.5 Å². The van der Waals surface area contributed by atoms with Gasteiger partial charge in [-0.3, -0.25) is 0 Å². The first-order valence-corrected chi connectivity index (χ1v) is 25.2. The van der Waals surface area contributed by atoms with Gasteiger partial charge in [0.2, 0.25) is 5.95 Å². The number of piperidine rings is 2. The topological polar surface area (TPSA) is 172 Å². The maximum atomic E-state index is 14.2. The number of aliphatic hydroxyl groups excluding tert-OH is 1. The van der Waals surface area contributed by atoms with Crippen LogP contribution in [0.15, 0.2) is 96.2 Å². The van der Waals surface area contributed by atoms with Crippen LogP contribution < -0.4 is 10.2 Å². The van der Waals surface area contributed by atoms with Crippen molar-refractivity contribution in [2.24, 2.45) is 0 Å². The van der Waals surface area contributed by atoms with Gasteiger partial charge in [-0.25, -0.2) is 27.2 Å². The molecule has 3 saturated heterocycles. The molecule has 0 spiro atoms. The number of aliphatic hydroxyl groups is 1. The van der Waals surface area contributed by atoms with Crippen LogP contribution in [0.4, 0.5) is 10.7 Å². The van der Waals surface area contributed by atoms with Crippen molar-refractivity contribution in [2.75, 3.05) is 51.3 Å². The fourth-order valence-corrected chi connectivity index (χ4v) is 11.7. The standard InChI is InChI=1S/C51H61N7O8S/c1-34-12-17-39(18-13-34)67(62,63)58-27-22-40-42(32-55(3)47(59)45(40)58)35-14-19-43-41(31-35)46(51(66-38-15-16-38,36-9-5-4-6-10-36)33-65-44-11-7-8-30-64-44)53-48(52-43)57-25-20-37(21-26-57)56-28-23-50(2,24-29-56)54-49(60)61/h4-6,9-10,12-14,17-19,22,27,31-32,37-38,44,47,54,59H,7-8,11,15-16,20-21,23-26,28-30,33H2,1-3H3,(H,60,61). The monoisotopic (exact) mass is 931 g/mol. The van der Waals surface area contributed by atoms with Crippen LogP contribution in [-0.2, 0) is 29.8 Å². The lowest BCUT2D eigenvalue weighted by atomic mass is 9.86. The van der Waals surface area contributed by atoms with E-state index >= 15 is 0 Å². The highest BCUT2D eigenvalue weighted by Gasteiger charge is 2.46. The Hall–Kier alpha value is -5.36. The number of ether oxygens (including phenoxy) is 3. The molecule has 6 heterocycles. The van der Waals surface area contributed by atoms with Crippen molar-refractivity contribution in [2.45, 2.75) is 112 Å². The van der Waals surface area contributed by atoms with Crippen molar-refractivity contribution in [1.82, 2.24) is 29.1 Å². The molecule has 5 aromatic rings. The van der Waals surface area contributed by atoms with E-state index < -0.39 is 33.5 Å². The highest BCUT2D eigenvalue weighted by atomic mass is 32.2. The van der Waals surface area contributed by atoms with Gasteiger partial charge in [0.1, 0.15) is 0 Å². The Kier molecular flexibility index (Phi) is 12.4. The SMILES string of the molecule is Cc1ccc(S(=O)(=O)n2ccc3c2C(O)N(C)C=C3c2ccc3nc(N4CCC(N5CCC(C)(NC(=O)O)CC5)CC4)nc(C(COC4CCCCO4)(OC4CC4)c4ccccc4)c3c2)cc1. The van der Waals surface area contributed by atoms with Crippen LogP contribution in [0.3, 0.4) is 0 Å². The van der Waals surface area contributed by atoms with E-state index in [0.717, 1.165) is 117 Å². The molecule has 2 aromatic heterocycles. The van der Waals surface area contributed by atoms with E-state index in [0.29, 0.717) is 29.9 Å². The number of carbonyl (C=O) groups is 1. The van der Waals surface area contributed by atoms with E-state index in [4.69, 9.17) is 24.2 Å². The van der Waals surface area contributed by atoms with Crippen LogP contribution >= 0.6 is 0 Å². The fourth-order valence-electron chi connectivity index (χ4n) is 10.3. The lowest BCUT2D eigenvalue weighted by Gasteiger charge is -2.45. The molecule has 1 amide bonds. The van der Waals surface area contributed by atoms with E-state index in [9.17, 15) is 23.4 Å². The number of fused-ring (bicyclic) bond motifs is 2. The lowest BCUT2D eigenvalue weighted by Crippen LogP contribution is -2.56. The average Bonchev–Trinajstić information content (AvgIpc) is 4.04. The molecule has 3 N–H and O–H groups in total. The Morgan fingerprint density at radius 2 is 1.69 bits per heavy atom. The summed E-state index contributed by atoms with van der Waals surface area (Å²) in [6.45, 7) is 7.86. The second-order valence-electron chi connectivity index (χ2n) is 19.3. The number of amides is 1. The minimum atomic E-state index is -4.05. The summed E-state index contributed by atoms with van der Waals surface area (Å²) in [5, 5.41) is 24.5. The first-order valence-electron chi connectivity index (χ1n) is 23.8. The van der Waals surface area contributed by atoms with Gasteiger partial charge >= 0.3 is 6.09 Å². The Morgan fingerprint density at radius 3 is 2.37 bits per heavy atom. The number of aromatic nitrogens is 3. The molecule has 5 aliphatic rings. The third-order valence-corrected chi connectivity index (χ3v) is 16.1. The van der Waals surface area contributed by atoms with Crippen LogP contribution in [0.2, 0.25) is 0 Å². The number of hydrogen-bond donors (Lipinski definition) is 3. The second-order valence-corrected chi connectivity index (χ2v) is 21.1. The highest BCUT2D eigenvalue weighted by molar-refractivity contribution is 7.90. The number of hydrogen-bond acceptors (Lipinski definition) is 12. The van der Waals surface area contributed by atoms with E-state index in [1.165, 1.54) is 10.2 Å². The Morgan fingerprint density at radius 1 is 0.940 bits per heavy atom. The predicted molar refractivity (Wildman–Crippen MR) is 254 cm³/mol. The molecular weight excluding hydrogens is 871 g/mol. The quantitative estimate of drug-likeness (QED) is 0.107. The molecule has 4 fully saturated rings. The zero-order valence-electron chi connectivity index (χ0n) is 38.5. The number of rotatable bonds is 13. The largest absolute Gasteiger partial charge is 0.465 e. The lowest BCUT2D eigenvalue weighted by molar-refractivity contribution is -0.197. The van der Waals surface area contributed by atoms with Crippen molar-refractivity contribution < 1.29 is 37.6 Å². The van der Waals surface area contributed by atoms with Gasteiger partial charge in [-0.15, -0.1) is 0 Å². The number of nitrogens with one attached hydrogen (secondary N) is 1. The maximum absolute atomic E-state index is 14.2. The third-order valence-electron chi connectivity index (χ3n) is 14.4. The van der Waals surface area contributed by atoms with Crippen molar-refractivity contribution in [3.8, 4) is 0 Å². The summed E-state index contributed by atoms with van der Waals surface area (Å²) in [5.74, 6) is 0.611. The molecule has 1 aliphatic carbocycles. The summed E-state index contributed by atoms with van der Waals surface area (Å²) >= 11 is 0. The van der Waals surface area contributed by atoms with Crippen molar-refractivity contribution in [3.63, 3.8) is 0 Å². The minimum Gasteiger partial charge on any atom is -0.465 e. The number of likely N-dealkylation sites (tertiary alicyclic amines) is 1. The molecule has 0 radical (unpaired) electrons. The van der Waals surface area contributed by atoms with Gasteiger partial charge in [-0.2, -0.15) is 0 Å². The van der Waals surface area contributed by atoms with Gasteiger partial charge < -0.3 is 44.4 Å². The summed E-state index contributed by atoms with van der Waals surface area (Å²) in [4.78, 5) is 28.9. The molecule has 354 valence electrons. The summed E-state index contributed by atoms with van der Waals surface area (Å²) < 4.78 is 49.7. The number of benzene rings is 3. The summed E-state index contributed by atoms with van der Waals surface area (Å²) in [7, 11) is -2.31. The number of carboxylic acid groups (broad SMARTS) is 1. The molecule has 3 atom stereocenters. The van der Waals surface area contributed by atoms with Gasteiger partial charge in [-0.05, 0) is 113 Å².